The van der Waals surface area contributed by atoms with E-state index in [0.717, 1.165) is 0 Å². The fourth-order valence-corrected chi connectivity index (χ4v) is 3.98. The first-order valence-electron chi connectivity index (χ1n) is 10.0. The second kappa shape index (κ2) is 10.6. The number of hydrazone groups is 1. The lowest BCUT2D eigenvalue weighted by Gasteiger charge is -2.10. The molecule has 1 amide bonds. The third kappa shape index (κ3) is 6.56. The summed E-state index contributed by atoms with van der Waals surface area (Å²) in [5.74, 6) is 0.531. The molecule has 172 valence electrons. The second-order valence-corrected chi connectivity index (χ2v) is 8.84. The van der Waals surface area contributed by atoms with Crippen LogP contribution < -0.4 is 19.6 Å². The van der Waals surface area contributed by atoms with E-state index in [1.54, 1.807) is 73.7 Å². The lowest BCUT2D eigenvalue weighted by atomic mass is 10.1. The SMILES string of the molecule is COc1ccc(C(=O)Nc2ccc(C(C)=NNS(=O)(=O)Cc3ccccc3)cc2)cc1OC. The highest BCUT2D eigenvalue weighted by atomic mass is 32.2. The van der Waals surface area contributed by atoms with Crippen LogP contribution in [0.25, 0.3) is 0 Å². The molecule has 0 aliphatic rings. The molecule has 0 bridgehead atoms. The highest BCUT2D eigenvalue weighted by Gasteiger charge is 2.12. The summed E-state index contributed by atoms with van der Waals surface area (Å²) in [6.45, 7) is 1.70. The standard InChI is InChI=1S/C24H25N3O5S/c1-17(26-27-33(29,30)16-18-7-5-4-6-8-18)19-9-12-21(13-10-19)25-24(28)20-11-14-22(31-2)23(15-20)32-3/h4-15,27H,16H2,1-3H3,(H,25,28). The van der Waals surface area contributed by atoms with Gasteiger partial charge >= 0.3 is 0 Å². The van der Waals surface area contributed by atoms with Crippen LogP contribution in [0.4, 0.5) is 5.69 Å². The Morgan fingerprint density at radius 2 is 1.52 bits per heavy atom. The molecule has 33 heavy (non-hydrogen) atoms. The number of amides is 1. The van der Waals surface area contributed by atoms with Gasteiger partial charge in [0.1, 0.15) is 0 Å². The molecule has 0 radical (unpaired) electrons. The van der Waals surface area contributed by atoms with Crippen LogP contribution in [0, 0.1) is 0 Å². The molecule has 0 spiro atoms. The molecule has 3 rings (SSSR count). The molecule has 0 aliphatic carbocycles. The van der Waals surface area contributed by atoms with E-state index < -0.39 is 10.0 Å². The lowest BCUT2D eigenvalue weighted by molar-refractivity contribution is 0.102. The number of carbonyl (C=O) groups is 1. The Balaban J connectivity index is 1.64. The Kier molecular flexibility index (Phi) is 7.68. The number of methoxy groups -OCH3 is 2. The zero-order valence-corrected chi connectivity index (χ0v) is 19.3. The van der Waals surface area contributed by atoms with Gasteiger partial charge in [0.25, 0.3) is 15.9 Å². The zero-order chi connectivity index (χ0) is 23.8. The summed E-state index contributed by atoms with van der Waals surface area (Å²) in [6, 6.07) is 20.7. The number of sulfonamides is 1. The maximum atomic E-state index is 12.6. The van der Waals surface area contributed by atoms with Gasteiger partial charge in [-0.25, -0.2) is 13.2 Å². The molecular formula is C24H25N3O5S. The summed E-state index contributed by atoms with van der Waals surface area (Å²) < 4.78 is 34.9. The number of carbonyl (C=O) groups excluding carboxylic acids is 1. The van der Waals surface area contributed by atoms with Crippen molar-refractivity contribution < 1.29 is 22.7 Å². The van der Waals surface area contributed by atoms with Crippen molar-refractivity contribution in [3.05, 3.63) is 89.5 Å². The van der Waals surface area contributed by atoms with Gasteiger partial charge in [0, 0.05) is 11.3 Å². The van der Waals surface area contributed by atoms with Gasteiger partial charge in [-0.1, -0.05) is 42.5 Å². The van der Waals surface area contributed by atoms with Gasteiger partial charge in [-0.05, 0) is 48.4 Å². The Bertz CT molecular complexity index is 1240. The molecule has 2 N–H and O–H groups in total. The van der Waals surface area contributed by atoms with E-state index in [0.29, 0.717) is 39.6 Å². The Morgan fingerprint density at radius 1 is 0.879 bits per heavy atom. The largest absolute Gasteiger partial charge is 0.493 e. The first kappa shape index (κ1) is 23.8. The summed E-state index contributed by atoms with van der Waals surface area (Å²) in [6.07, 6.45) is 0. The maximum absolute atomic E-state index is 12.6. The van der Waals surface area contributed by atoms with E-state index in [4.69, 9.17) is 9.47 Å². The lowest BCUT2D eigenvalue weighted by Crippen LogP contribution is -2.21. The average molecular weight is 468 g/mol. The second-order valence-electron chi connectivity index (χ2n) is 7.13. The van der Waals surface area contributed by atoms with Gasteiger partial charge in [-0.2, -0.15) is 5.10 Å². The van der Waals surface area contributed by atoms with Crippen molar-refractivity contribution in [1.29, 1.82) is 0 Å². The van der Waals surface area contributed by atoms with Crippen molar-refractivity contribution in [1.82, 2.24) is 4.83 Å². The molecule has 0 fully saturated rings. The predicted molar refractivity (Wildman–Crippen MR) is 128 cm³/mol. The minimum Gasteiger partial charge on any atom is -0.493 e. The number of ether oxygens (including phenoxy) is 2. The predicted octanol–water partition coefficient (Wildman–Crippen LogP) is 3.80. The van der Waals surface area contributed by atoms with Gasteiger partial charge < -0.3 is 14.8 Å². The van der Waals surface area contributed by atoms with Crippen molar-refractivity contribution in [2.75, 3.05) is 19.5 Å². The molecule has 0 saturated carbocycles. The first-order chi connectivity index (χ1) is 15.8. The number of nitrogens with one attached hydrogen (secondary N) is 2. The number of hydrogen-bond donors (Lipinski definition) is 2. The van der Waals surface area contributed by atoms with E-state index in [1.807, 2.05) is 6.07 Å². The summed E-state index contributed by atoms with van der Waals surface area (Å²) in [4.78, 5) is 14.8. The van der Waals surface area contributed by atoms with Gasteiger partial charge in [-0.3, -0.25) is 4.79 Å². The third-order valence-corrected chi connectivity index (χ3v) is 5.84. The average Bonchev–Trinajstić information content (AvgIpc) is 2.83. The van der Waals surface area contributed by atoms with Crippen molar-refractivity contribution >= 4 is 27.3 Å². The summed E-state index contributed by atoms with van der Waals surface area (Å²) >= 11 is 0. The molecule has 0 aliphatic heterocycles. The van der Waals surface area contributed by atoms with E-state index in [2.05, 4.69) is 15.2 Å². The van der Waals surface area contributed by atoms with Gasteiger partial charge in [0.2, 0.25) is 0 Å². The number of rotatable bonds is 9. The summed E-state index contributed by atoms with van der Waals surface area (Å²) in [7, 11) is -0.587. The van der Waals surface area contributed by atoms with Crippen LogP contribution in [-0.2, 0) is 15.8 Å². The maximum Gasteiger partial charge on any atom is 0.255 e. The third-order valence-electron chi connectivity index (χ3n) is 4.76. The van der Waals surface area contributed by atoms with E-state index in [9.17, 15) is 13.2 Å². The van der Waals surface area contributed by atoms with Crippen LogP contribution in [0.5, 0.6) is 11.5 Å². The van der Waals surface area contributed by atoms with Crippen LogP contribution in [0.2, 0.25) is 0 Å². The minimum atomic E-state index is -3.62. The van der Waals surface area contributed by atoms with E-state index >= 15 is 0 Å². The molecule has 0 atom stereocenters. The van der Waals surface area contributed by atoms with Crippen molar-refractivity contribution in [2.24, 2.45) is 5.10 Å². The normalized spacial score (nSPS) is 11.5. The highest BCUT2D eigenvalue weighted by Crippen LogP contribution is 2.27. The quantitative estimate of drug-likeness (QED) is 0.368. The number of benzene rings is 3. The minimum absolute atomic E-state index is 0.161. The molecule has 3 aromatic rings. The molecule has 3 aromatic carbocycles. The van der Waals surface area contributed by atoms with Crippen LogP contribution in [0.1, 0.15) is 28.4 Å². The fourth-order valence-electron chi connectivity index (χ4n) is 3.00. The van der Waals surface area contributed by atoms with Gasteiger partial charge in [0.05, 0.1) is 25.7 Å². The molecule has 0 aromatic heterocycles. The highest BCUT2D eigenvalue weighted by molar-refractivity contribution is 7.88. The molecule has 0 heterocycles. The molecule has 0 unspecified atom stereocenters. The zero-order valence-electron chi connectivity index (χ0n) is 18.5. The number of hydrogen-bond acceptors (Lipinski definition) is 6. The Morgan fingerprint density at radius 3 is 2.15 bits per heavy atom. The van der Waals surface area contributed by atoms with E-state index in [-0.39, 0.29) is 11.7 Å². The van der Waals surface area contributed by atoms with Crippen LogP contribution in [0.15, 0.2) is 77.9 Å². The van der Waals surface area contributed by atoms with E-state index in [1.165, 1.54) is 14.2 Å². The van der Waals surface area contributed by atoms with Crippen LogP contribution in [-0.4, -0.2) is 34.3 Å². The topological polar surface area (TPSA) is 106 Å². The Labute approximate surface area is 193 Å². The van der Waals surface area contributed by atoms with Crippen molar-refractivity contribution in [3.8, 4) is 11.5 Å². The van der Waals surface area contributed by atoms with Gasteiger partial charge in [-0.15, -0.1) is 0 Å². The number of anilines is 1. The number of nitrogens with zero attached hydrogens (tertiary/aromatic N) is 1. The van der Waals surface area contributed by atoms with Gasteiger partial charge in [0.15, 0.2) is 11.5 Å². The van der Waals surface area contributed by atoms with Crippen molar-refractivity contribution in [3.63, 3.8) is 0 Å². The summed E-state index contributed by atoms with van der Waals surface area (Å²) in [5, 5.41) is 6.81. The molecule has 0 saturated heterocycles. The van der Waals surface area contributed by atoms with Crippen LogP contribution in [0.3, 0.4) is 0 Å². The Hall–Kier alpha value is -3.85. The molecule has 8 nitrogen and oxygen atoms in total. The smallest absolute Gasteiger partial charge is 0.255 e. The van der Waals surface area contributed by atoms with Crippen LogP contribution >= 0.6 is 0 Å². The molecular weight excluding hydrogens is 442 g/mol. The fraction of sp³-hybridized carbons (Fsp3) is 0.167. The van der Waals surface area contributed by atoms with Crippen molar-refractivity contribution in [2.45, 2.75) is 12.7 Å². The first-order valence-corrected chi connectivity index (χ1v) is 11.7. The monoisotopic (exact) mass is 467 g/mol. The molecule has 9 heteroatoms. The summed E-state index contributed by atoms with van der Waals surface area (Å²) in [5.41, 5.74) is 2.87.